The number of carbonyl (C=O) groups excluding carboxylic acids is 1. The van der Waals surface area contributed by atoms with Crippen LogP contribution in [0.15, 0.2) is 47.4 Å². The Hall–Kier alpha value is -3.05. The van der Waals surface area contributed by atoms with E-state index in [1.54, 1.807) is 0 Å². The number of benzene rings is 2. The van der Waals surface area contributed by atoms with E-state index in [1.165, 1.54) is 56.5 Å². The van der Waals surface area contributed by atoms with Crippen LogP contribution >= 0.6 is 0 Å². The van der Waals surface area contributed by atoms with Crippen molar-refractivity contribution in [3.05, 3.63) is 48.0 Å². The van der Waals surface area contributed by atoms with Gasteiger partial charge in [-0.15, -0.1) is 0 Å². The summed E-state index contributed by atoms with van der Waals surface area (Å²) in [5.41, 5.74) is 1.14. The minimum atomic E-state index is -3.84. The van der Waals surface area contributed by atoms with E-state index >= 15 is 0 Å². The molecule has 0 fully saturated rings. The van der Waals surface area contributed by atoms with Gasteiger partial charge in [0.1, 0.15) is 5.75 Å². The molecule has 7 nitrogen and oxygen atoms in total. The van der Waals surface area contributed by atoms with E-state index < -0.39 is 10.0 Å². The largest absolute Gasteiger partial charge is 0.495 e. The van der Waals surface area contributed by atoms with Crippen LogP contribution in [0, 0.1) is 11.3 Å². The van der Waals surface area contributed by atoms with Crippen LogP contribution in [-0.2, 0) is 14.8 Å². The van der Waals surface area contributed by atoms with Crippen molar-refractivity contribution in [2.75, 3.05) is 17.1 Å². The quantitative estimate of drug-likeness (QED) is 0.864. The van der Waals surface area contributed by atoms with Gasteiger partial charge in [0.05, 0.1) is 29.3 Å². The highest BCUT2D eigenvalue weighted by molar-refractivity contribution is 7.92. The van der Waals surface area contributed by atoms with Crippen LogP contribution in [0.4, 0.5) is 11.4 Å². The van der Waals surface area contributed by atoms with Gasteiger partial charge in [-0.1, -0.05) is 0 Å². The number of nitrogens with zero attached hydrogens (tertiary/aromatic N) is 1. The van der Waals surface area contributed by atoms with Gasteiger partial charge in [0.15, 0.2) is 0 Å². The predicted octanol–water partition coefficient (Wildman–Crippen LogP) is 2.33. The zero-order chi connectivity index (χ0) is 17.7. The number of hydrogen-bond donors (Lipinski definition) is 2. The Balaban J connectivity index is 2.31. The van der Waals surface area contributed by atoms with Crippen molar-refractivity contribution in [2.45, 2.75) is 11.8 Å². The van der Waals surface area contributed by atoms with E-state index in [0.29, 0.717) is 16.9 Å². The molecule has 0 saturated heterocycles. The fraction of sp³-hybridized carbons (Fsp3) is 0.125. The number of anilines is 2. The molecule has 8 heteroatoms. The molecule has 0 aliphatic rings. The molecule has 0 unspecified atom stereocenters. The highest BCUT2D eigenvalue weighted by Crippen LogP contribution is 2.28. The molecule has 2 aromatic carbocycles. The van der Waals surface area contributed by atoms with E-state index in [2.05, 4.69) is 10.0 Å². The van der Waals surface area contributed by atoms with Crippen molar-refractivity contribution in [1.29, 1.82) is 5.26 Å². The molecule has 2 aromatic rings. The van der Waals surface area contributed by atoms with Crippen LogP contribution in [0.1, 0.15) is 12.5 Å². The first-order valence-electron chi connectivity index (χ1n) is 6.84. The normalized spacial score (nSPS) is 10.5. The van der Waals surface area contributed by atoms with Gasteiger partial charge in [-0.2, -0.15) is 5.26 Å². The van der Waals surface area contributed by atoms with Gasteiger partial charge in [-0.3, -0.25) is 9.52 Å². The Morgan fingerprint density at radius 3 is 2.38 bits per heavy atom. The molecule has 0 atom stereocenters. The molecule has 1 amide bonds. The first-order chi connectivity index (χ1) is 11.4. The summed E-state index contributed by atoms with van der Waals surface area (Å²) >= 11 is 0. The Morgan fingerprint density at radius 2 is 1.83 bits per heavy atom. The molecule has 0 aliphatic carbocycles. The van der Waals surface area contributed by atoms with E-state index in [4.69, 9.17) is 10.00 Å². The summed E-state index contributed by atoms with van der Waals surface area (Å²) in [5.74, 6) is -0.0625. The van der Waals surface area contributed by atoms with E-state index in [0.717, 1.165) is 0 Å². The van der Waals surface area contributed by atoms with Gasteiger partial charge >= 0.3 is 0 Å². The highest BCUT2D eigenvalue weighted by Gasteiger charge is 2.17. The molecular formula is C16H15N3O4S. The summed E-state index contributed by atoms with van der Waals surface area (Å²) in [6, 6.07) is 12.1. The lowest BCUT2D eigenvalue weighted by molar-refractivity contribution is -0.114. The average molecular weight is 345 g/mol. The van der Waals surface area contributed by atoms with Crippen LogP contribution in [0.2, 0.25) is 0 Å². The van der Waals surface area contributed by atoms with E-state index in [1.807, 2.05) is 6.07 Å². The third kappa shape index (κ3) is 4.02. The molecule has 2 rings (SSSR count). The second-order valence-electron chi connectivity index (χ2n) is 4.84. The van der Waals surface area contributed by atoms with Gasteiger partial charge in [0.25, 0.3) is 10.0 Å². The Morgan fingerprint density at radius 1 is 1.17 bits per heavy atom. The number of ether oxygens (including phenoxy) is 1. The predicted molar refractivity (Wildman–Crippen MR) is 89.3 cm³/mol. The summed E-state index contributed by atoms with van der Waals surface area (Å²) in [6.45, 7) is 1.34. The van der Waals surface area contributed by atoms with Crippen molar-refractivity contribution in [2.24, 2.45) is 0 Å². The minimum Gasteiger partial charge on any atom is -0.495 e. The molecule has 0 aliphatic heterocycles. The van der Waals surface area contributed by atoms with Gasteiger partial charge in [-0.25, -0.2) is 8.42 Å². The summed E-state index contributed by atoms with van der Waals surface area (Å²) in [5, 5.41) is 11.3. The van der Waals surface area contributed by atoms with Crippen LogP contribution in [0.3, 0.4) is 0 Å². The molecule has 0 saturated carbocycles. The molecule has 0 radical (unpaired) electrons. The molecule has 0 spiro atoms. The lowest BCUT2D eigenvalue weighted by atomic mass is 10.2. The second kappa shape index (κ2) is 7.02. The SMILES string of the molecule is COc1cc(S(=O)(=O)Nc2ccc(C#N)cc2)ccc1NC(C)=O. The number of nitriles is 1. The maximum Gasteiger partial charge on any atom is 0.262 e. The first kappa shape index (κ1) is 17.3. The average Bonchev–Trinajstić information content (AvgIpc) is 2.55. The van der Waals surface area contributed by atoms with Crippen molar-refractivity contribution in [1.82, 2.24) is 0 Å². The fourth-order valence-electron chi connectivity index (χ4n) is 1.96. The smallest absolute Gasteiger partial charge is 0.262 e. The number of sulfonamides is 1. The molecule has 24 heavy (non-hydrogen) atoms. The molecule has 0 heterocycles. The van der Waals surface area contributed by atoms with Crippen molar-refractivity contribution in [3.63, 3.8) is 0 Å². The topological polar surface area (TPSA) is 108 Å². The maximum absolute atomic E-state index is 12.4. The van der Waals surface area contributed by atoms with Gasteiger partial charge in [0.2, 0.25) is 5.91 Å². The van der Waals surface area contributed by atoms with Gasteiger partial charge < -0.3 is 10.1 Å². The first-order valence-corrected chi connectivity index (χ1v) is 8.32. The standard InChI is InChI=1S/C16H15N3O4S/c1-11(20)18-15-8-7-14(9-16(15)23-2)24(21,22)19-13-5-3-12(10-17)4-6-13/h3-9,19H,1-2H3,(H,18,20). The van der Waals surface area contributed by atoms with Crippen LogP contribution < -0.4 is 14.8 Å². The summed E-state index contributed by atoms with van der Waals surface area (Å²) in [4.78, 5) is 11.1. The molecule has 2 N–H and O–H groups in total. The van der Waals surface area contributed by atoms with E-state index in [9.17, 15) is 13.2 Å². The zero-order valence-corrected chi connectivity index (χ0v) is 13.8. The zero-order valence-electron chi connectivity index (χ0n) is 13.0. The van der Waals surface area contributed by atoms with Gasteiger partial charge in [0, 0.05) is 18.7 Å². The highest BCUT2D eigenvalue weighted by atomic mass is 32.2. The Bertz CT molecular complexity index is 900. The van der Waals surface area contributed by atoms with Crippen molar-refractivity contribution < 1.29 is 17.9 Å². The van der Waals surface area contributed by atoms with Crippen LogP contribution in [0.25, 0.3) is 0 Å². The molecule has 0 aromatic heterocycles. The van der Waals surface area contributed by atoms with E-state index in [-0.39, 0.29) is 16.6 Å². The monoisotopic (exact) mass is 345 g/mol. The number of carbonyl (C=O) groups is 1. The van der Waals surface area contributed by atoms with Crippen LogP contribution in [-0.4, -0.2) is 21.4 Å². The second-order valence-corrected chi connectivity index (χ2v) is 6.52. The number of rotatable bonds is 5. The van der Waals surface area contributed by atoms with Crippen molar-refractivity contribution in [3.8, 4) is 11.8 Å². The third-order valence-electron chi connectivity index (χ3n) is 3.06. The maximum atomic E-state index is 12.4. The van der Waals surface area contributed by atoms with Crippen LogP contribution in [0.5, 0.6) is 5.75 Å². The number of nitrogens with one attached hydrogen (secondary N) is 2. The summed E-state index contributed by atoms with van der Waals surface area (Å²) in [6.07, 6.45) is 0. The lowest BCUT2D eigenvalue weighted by Gasteiger charge is -2.12. The molecular weight excluding hydrogens is 330 g/mol. The minimum absolute atomic E-state index is 0.0159. The van der Waals surface area contributed by atoms with Crippen molar-refractivity contribution >= 4 is 27.3 Å². The third-order valence-corrected chi connectivity index (χ3v) is 4.44. The number of hydrogen-bond acceptors (Lipinski definition) is 5. The number of amides is 1. The Kier molecular flexibility index (Phi) is 5.06. The Labute approximate surface area is 139 Å². The lowest BCUT2D eigenvalue weighted by Crippen LogP contribution is -2.14. The molecule has 124 valence electrons. The number of methoxy groups -OCH3 is 1. The van der Waals surface area contributed by atoms with Gasteiger partial charge in [-0.05, 0) is 36.4 Å². The molecule has 0 bridgehead atoms. The fourth-order valence-corrected chi connectivity index (χ4v) is 3.03. The summed E-state index contributed by atoms with van der Waals surface area (Å²) < 4.78 is 32.4. The summed E-state index contributed by atoms with van der Waals surface area (Å²) in [7, 11) is -2.46.